The zero-order valence-electron chi connectivity index (χ0n) is 13.9. The van der Waals surface area contributed by atoms with Crippen LogP contribution in [-0.2, 0) is 11.3 Å². The Morgan fingerprint density at radius 3 is 2.71 bits per heavy atom. The molecule has 0 aliphatic heterocycles. The van der Waals surface area contributed by atoms with E-state index in [1.165, 1.54) is 0 Å². The summed E-state index contributed by atoms with van der Waals surface area (Å²) in [7, 11) is 0. The van der Waals surface area contributed by atoms with E-state index in [0.717, 1.165) is 22.5 Å². The van der Waals surface area contributed by atoms with Gasteiger partial charge in [-0.2, -0.15) is 0 Å². The van der Waals surface area contributed by atoms with Crippen molar-refractivity contribution in [2.75, 3.05) is 0 Å². The fourth-order valence-corrected chi connectivity index (χ4v) is 2.76. The van der Waals surface area contributed by atoms with Gasteiger partial charge in [0.05, 0.1) is 18.2 Å². The Morgan fingerprint density at radius 1 is 1.25 bits per heavy atom. The lowest BCUT2D eigenvalue weighted by Gasteiger charge is -2.19. The van der Waals surface area contributed by atoms with Crippen LogP contribution < -0.4 is 11.1 Å². The van der Waals surface area contributed by atoms with Crippen LogP contribution >= 0.6 is 0 Å². The highest BCUT2D eigenvalue weighted by molar-refractivity contribution is 5.79. The Balaban J connectivity index is 1.65. The van der Waals surface area contributed by atoms with Crippen LogP contribution in [0, 0.1) is 12.8 Å². The zero-order chi connectivity index (χ0) is 17.1. The summed E-state index contributed by atoms with van der Waals surface area (Å²) in [5.41, 5.74) is 10.0. The first-order valence-electron chi connectivity index (χ1n) is 8.07. The molecule has 2 atom stereocenters. The van der Waals surface area contributed by atoms with Gasteiger partial charge in [-0.05, 0) is 24.1 Å². The standard InChI is InChI=1S/C19H22N4O/c1-13-7-6-10-23-12-16(22-18(13)23)11-21-19(24)14(2)17(20)15-8-4-3-5-9-15/h3-10,12,14,17H,11,20H2,1-2H3,(H,21,24). The number of amides is 1. The molecule has 1 amide bonds. The van der Waals surface area contributed by atoms with Gasteiger partial charge in [-0.1, -0.05) is 43.3 Å². The number of aryl methyl sites for hydroxylation is 1. The summed E-state index contributed by atoms with van der Waals surface area (Å²) in [6.45, 7) is 4.26. The molecule has 3 rings (SSSR count). The van der Waals surface area contributed by atoms with E-state index in [1.54, 1.807) is 0 Å². The number of hydrogen-bond acceptors (Lipinski definition) is 3. The van der Waals surface area contributed by atoms with Gasteiger partial charge in [0.15, 0.2) is 0 Å². The second-order valence-corrected chi connectivity index (χ2v) is 6.10. The maximum atomic E-state index is 12.4. The summed E-state index contributed by atoms with van der Waals surface area (Å²) in [4.78, 5) is 17.0. The molecule has 124 valence electrons. The van der Waals surface area contributed by atoms with E-state index in [4.69, 9.17) is 5.73 Å². The van der Waals surface area contributed by atoms with E-state index in [9.17, 15) is 4.79 Å². The fourth-order valence-electron chi connectivity index (χ4n) is 2.76. The summed E-state index contributed by atoms with van der Waals surface area (Å²) in [6.07, 6.45) is 3.89. The first-order chi connectivity index (χ1) is 11.6. The lowest BCUT2D eigenvalue weighted by molar-refractivity contribution is -0.125. The third-order valence-electron chi connectivity index (χ3n) is 4.31. The Bertz CT molecular complexity index is 841. The van der Waals surface area contributed by atoms with E-state index in [0.29, 0.717) is 6.54 Å². The van der Waals surface area contributed by atoms with Gasteiger partial charge in [-0.3, -0.25) is 4.79 Å². The van der Waals surface area contributed by atoms with E-state index in [2.05, 4.69) is 10.3 Å². The van der Waals surface area contributed by atoms with Crippen LogP contribution in [0.3, 0.4) is 0 Å². The molecule has 2 unspecified atom stereocenters. The molecule has 5 heteroatoms. The molecular formula is C19H22N4O. The molecule has 0 saturated carbocycles. The largest absolute Gasteiger partial charge is 0.350 e. The second-order valence-electron chi connectivity index (χ2n) is 6.10. The van der Waals surface area contributed by atoms with Crippen molar-refractivity contribution in [3.63, 3.8) is 0 Å². The van der Waals surface area contributed by atoms with Crippen LogP contribution in [0.5, 0.6) is 0 Å². The van der Waals surface area contributed by atoms with Gasteiger partial charge in [0.1, 0.15) is 5.65 Å². The van der Waals surface area contributed by atoms with Crippen LogP contribution in [0.1, 0.15) is 29.8 Å². The number of imidazole rings is 1. The van der Waals surface area contributed by atoms with E-state index < -0.39 is 0 Å². The Kier molecular flexibility index (Phi) is 4.62. The Hall–Kier alpha value is -2.66. The molecular weight excluding hydrogens is 300 g/mol. The summed E-state index contributed by atoms with van der Waals surface area (Å²) < 4.78 is 1.97. The van der Waals surface area contributed by atoms with Crippen LogP contribution in [0.25, 0.3) is 5.65 Å². The highest BCUT2D eigenvalue weighted by Crippen LogP contribution is 2.19. The molecule has 2 aromatic heterocycles. The zero-order valence-corrected chi connectivity index (χ0v) is 13.9. The van der Waals surface area contributed by atoms with Crippen molar-refractivity contribution in [3.8, 4) is 0 Å². The molecule has 3 aromatic rings. The summed E-state index contributed by atoms with van der Waals surface area (Å²) in [6, 6.07) is 13.4. The molecule has 0 fully saturated rings. The van der Waals surface area contributed by atoms with E-state index in [1.807, 2.05) is 73.1 Å². The number of benzene rings is 1. The van der Waals surface area contributed by atoms with Gasteiger partial charge in [0.2, 0.25) is 5.91 Å². The minimum absolute atomic E-state index is 0.0693. The molecule has 0 aliphatic rings. The van der Waals surface area contributed by atoms with Crippen LogP contribution in [-0.4, -0.2) is 15.3 Å². The van der Waals surface area contributed by atoms with Gasteiger partial charge in [0, 0.05) is 18.4 Å². The highest BCUT2D eigenvalue weighted by atomic mass is 16.1. The molecule has 0 saturated heterocycles. The summed E-state index contributed by atoms with van der Waals surface area (Å²) >= 11 is 0. The first kappa shape index (κ1) is 16.2. The van der Waals surface area contributed by atoms with Crippen molar-refractivity contribution < 1.29 is 4.79 Å². The first-order valence-corrected chi connectivity index (χ1v) is 8.07. The number of rotatable bonds is 5. The molecule has 0 aliphatic carbocycles. The third-order valence-corrected chi connectivity index (χ3v) is 4.31. The van der Waals surface area contributed by atoms with Crippen molar-refractivity contribution in [2.45, 2.75) is 26.4 Å². The average molecular weight is 322 g/mol. The topological polar surface area (TPSA) is 72.4 Å². The van der Waals surface area contributed by atoms with Gasteiger partial charge in [-0.25, -0.2) is 4.98 Å². The number of carbonyl (C=O) groups is 1. The number of fused-ring (bicyclic) bond motifs is 1. The molecule has 24 heavy (non-hydrogen) atoms. The number of hydrogen-bond donors (Lipinski definition) is 2. The minimum atomic E-state index is -0.325. The number of carbonyl (C=O) groups excluding carboxylic acids is 1. The van der Waals surface area contributed by atoms with Crippen LogP contribution in [0.15, 0.2) is 54.9 Å². The lowest BCUT2D eigenvalue weighted by Crippen LogP contribution is -2.35. The minimum Gasteiger partial charge on any atom is -0.350 e. The fraction of sp³-hybridized carbons (Fsp3) is 0.263. The van der Waals surface area contributed by atoms with Gasteiger partial charge >= 0.3 is 0 Å². The van der Waals surface area contributed by atoms with Crippen molar-refractivity contribution in [2.24, 2.45) is 11.7 Å². The van der Waals surface area contributed by atoms with E-state index >= 15 is 0 Å². The average Bonchev–Trinajstić information content (AvgIpc) is 3.03. The highest BCUT2D eigenvalue weighted by Gasteiger charge is 2.22. The quantitative estimate of drug-likeness (QED) is 0.758. The monoisotopic (exact) mass is 322 g/mol. The van der Waals surface area contributed by atoms with Gasteiger partial charge in [-0.15, -0.1) is 0 Å². The van der Waals surface area contributed by atoms with Gasteiger partial charge in [0.25, 0.3) is 0 Å². The third kappa shape index (κ3) is 3.31. The van der Waals surface area contributed by atoms with Gasteiger partial charge < -0.3 is 15.5 Å². The molecule has 0 spiro atoms. The Morgan fingerprint density at radius 2 is 2.00 bits per heavy atom. The van der Waals surface area contributed by atoms with Crippen LogP contribution in [0.2, 0.25) is 0 Å². The molecule has 0 radical (unpaired) electrons. The number of nitrogens with two attached hydrogens (primary N) is 1. The number of aromatic nitrogens is 2. The molecule has 0 bridgehead atoms. The predicted octanol–water partition coefficient (Wildman–Crippen LogP) is 2.60. The summed E-state index contributed by atoms with van der Waals surface area (Å²) in [5.74, 6) is -0.383. The van der Waals surface area contributed by atoms with Crippen molar-refractivity contribution in [3.05, 3.63) is 71.7 Å². The molecule has 5 nitrogen and oxygen atoms in total. The number of nitrogens with one attached hydrogen (secondary N) is 1. The van der Waals surface area contributed by atoms with E-state index in [-0.39, 0.29) is 17.9 Å². The molecule has 2 heterocycles. The number of nitrogens with zero attached hydrogens (tertiary/aromatic N) is 2. The SMILES string of the molecule is Cc1cccn2cc(CNC(=O)C(C)C(N)c3ccccc3)nc12. The van der Waals surface area contributed by atoms with Crippen LogP contribution in [0.4, 0.5) is 0 Å². The maximum Gasteiger partial charge on any atom is 0.225 e. The van der Waals surface area contributed by atoms with Crippen molar-refractivity contribution in [1.82, 2.24) is 14.7 Å². The smallest absolute Gasteiger partial charge is 0.225 e. The second kappa shape index (κ2) is 6.84. The molecule has 3 N–H and O–H groups in total. The number of pyridine rings is 1. The predicted molar refractivity (Wildman–Crippen MR) is 94.3 cm³/mol. The molecule has 1 aromatic carbocycles. The summed E-state index contributed by atoms with van der Waals surface area (Å²) in [5, 5.41) is 2.94. The Labute approximate surface area is 141 Å². The van der Waals surface area contributed by atoms with Crippen molar-refractivity contribution in [1.29, 1.82) is 0 Å². The van der Waals surface area contributed by atoms with Crippen molar-refractivity contribution >= 4 is 11.6 Å². The maximum absolute atomic E-state index is 12.4. The lowest BCUT2D eigenvalue weighted by atomic mass is 9.95. The normalized spacial score (nSPS) is 13.6.